The number of hydrogen-bond acceptors (Lipinski definition) is 4. The molecule has 0 N–H and O–H groups in total. The van der Waals surface area contributed by atoms with Crippen molar-refractivity contribution >= 4 is 5.97 Å². The minimum atomic E-state index is -0.208. The monoisotopic (exact) mass is 221 g/mol. The maximum atomic E-state index is 10.6. The molecule has 0 aromatic carbocycles. The summed E-state index contributed by atoms with van der Waals surface area (Å²) in [4.78, 5) is 14.5. The van der Waals surface area contributed by atoms with Crippen LogP contribution in [0.2, 0.25) is 0 Å². The number of rotatable bonds is 5. The van der Waals surface area contributed by atoms with Crippen molar-refractivity contribution < 1.29 is 14.3 Å². The van der Waals surface area contributed by atoms with E-state index in [4.69, 9.17) is 9.47 Å². The summed E-state index contributed by atoms with van der Waals surface area (Å²) in [6.07, 6.45) is 4.50. The quantitative estimate of drug-likeness (QED) is 0.709. The molecule has 0 saturated heterocycles. The first-order chi connectivity index (χ1) is 7.75. The van der Waals surface area contributed by atoms with Gasteiger partial charge in [0.15, 0.2) is 0 Å². The number of nitrogens with zero attached hydrogens (tertiary/aromatic N) is 1. The molecule has 0 amide bonds. The second-order valence-corrected chi connectivity index (χ2v) is 4.05. The molecule has 1 aromatic rings. The van der Waals surface area contributed by atoms with Crippen LogP contribution in [0.25, 0.3) is 0 Å². The lowest BCUT2D eigenvalue weighted by atomic mass is 10.3. The second kappa shape index (κ2) is 4.96. The van der Waals surface area contributed by atoms with Gasteiger partial charge in [-0.25, -0.2) is 0 Å². The van der Waals surface area contributed by atoms with Crippen molar-refractivity contribution in [3.8, 4) is 5.75 Å². The fourth-order valence-electron chi connectivity index (χ4n) is 1.58. The lowest BCUT2D eigenvalue weighted by molar-refractivity contribution is -0.141. The summed E-state index contributed by atoms with van der Waals surface area (Å²) in [6, 6.07) is 3.67. The van der Waals surface area contributed by atoms with Gasteiger partial charge in [0.1, 0.15) is 5.75 Å². The largest absolute Gasteiger partial charge is 0.493 e. The molecule has 1 heterocycles. The van der Waals surface area contributed by atoms with Crippen LogP contribution in [0.3, 0.4) is 0 Å². The maximum absolute atomic E-state index is 10.6. The van der Waals surface area contributed by atoms with Gasteiger partial charge in [0.25, 0.3) is 0 Å². The van der Waals surface area contributed by atoms with E-state index < -0.39 is 0 Å². The van der Waals surface area contributed by atoms with Gasteiger partial charge in [-0.2, -0.15) is 0 Å². The van der Waals surface area contributed by atoms with Crippen molar-refractivity contribution in [2.75, 3.05) is 13.2 Å². The third-order valence-corrected chi connectivity index (χ3v) is 2.68. The van der Waals surface area contributed by atoms with Crippen molar-refractivity contribution in [1.82, 2.24) is 4.98 Å². The predicted octanol–water partition coefficient (Wildman–Crippen LogP) is 1.66. The highest BCUT2D eigenvalue weighted by Crippen LogP contribution is 2.38. The first-order valence-electron chi connectivity index (χ1n) is 5.42. The maximum Gasteiger partial charge on any atom is 0.302 e. The third-order valence-electron chi connectivity index (χ3n) is 2.68. The standard InChI is InChI=1S/C12H15NO3/c1-9(14)15-7-10-6-11(10)8-16-12-2-4-13-5-3-12/h2-5,10-11H,6-8H2,1H3. The summed E-state index contributed by atoms with van der Waals surface area (Å²) >= 11 is 0. The van der Waals surface area contributed by atoms with Gasteiger partial charge in [-0.3, -0.25) is 9.78 Å². The summed E-state index contributed by atoms with van der Waals surface area (Å²) < 4.78 is 10.5. The molecule has 16 heavy (non-hydrogen) atoms. The Morgan fingerprint density at radius 2 is 2.06 bits per heavy atom. The minimum absolute atomic E-state index is 0.208. The van der Waals surface area contributed by atoms with Crippen molar-refractivity contribution in [3.05, 3.63) is 24.5 Å². The van der Waals surface area contributed by atoms with Crippen LogP contribution >= 0.6 is 0 Å². The topological polar surface area (TPSA) is 48.4 Å². The van der Waals surface area contributed by atoms with Crippen LogP contribution in [0.15, 0.2) is 24.5 Å². The smallest absolute Gasteiger partial charge is 0.302 e. The fraction of sp³-hybridized carbons (Fsp3) is 0.500. The van der Waals surface area contributed by atoms with Crippen LogP contribution in [0.5, 0.6) is 5.75 Å². The van der Waals surface area contributed by atoms with E-state index in [1.165, 1.54) is 6.92 Å². The molecule has 1 aromatic heterocycles. The van der Waals surface area contributed by atoms with Gasteiger partial charge in [-0.05, 0) is 30.4 Å². The summed E-state index contributed by atoms with van der Waals surface area (Å²) in [7, 11) is 0. The van der Waals surface area contributed by atoms with E-state index in [1.807, 2.05) is 12.1 Å². The van der Waals surface area contributed by atoms with E-state index in [2.05, 4.69) is 4.98 Å². The molecule has 1 fully saturated rings. The van der Waals surface area contributed by atoms with Gasteiger partial charge in [0.2, 0.25) is 0 Å². The number of aromatic nitrogens is 1. The van der Waals surface area contributed by atoms with Gasteiger partial charge in [0.05, 0.1) is 13.2 Å². The van der Waals surface area contributed by atoms with Crippen molar-refractivity contribution in [1.29, 1.82) is 0 Å². The minimum Gasteiger partial charge on any atom is -0.493 e. The van der Waals surface area contributed by atoms with E-state index in [0.29, 0.717) is 25.0 Å². The molecule has 0 aliphatic heterocycles. The Morgan fingerprint density at radius 1 is 1.38 bits per heavy atom. The summed E-state index contributed by atoms with van der Waals surface area (Å²) in [5, 5.41) is 0. The molecule has 4 heteroatoms. The van der Waals surface area contributed by atoms with Gasteiger partial charge < -0.3 is 9.47 Å². The van der Waals surface area contributed by atoms with E-state index in [-0.39, 0.29) is 5.97 Å². The molecule has 0 radical (unpaired) electrons. The highest BCUT2D eigenvalue weighted by atomic mass is 16.5. The van der Waals surface area contributed by atoms with Crippen LogP contribution < -0.4 is 4.74 Å². The van der Waals surface area contributed by atoms with Crippen LogP contribution in [-0.2, 0) is 9.53 Å². The van der Waals surface area contributed by atoms with Gasteiger partial charge >= 0.3 is 5.97 Å². The molecular weight excluding hydrogens is 206 g/mol. The highest BCUT2D eigenvalue weighted by Gasteiger charge is 2.38. The van der Waals surface area contributed by atoms with E-state index in [1.54, 1.807) is 12.4 Å². The Bertz CT molecular complexity index is 353. The number of hydrogen-bond donors (Lipinski definition) is 0. The predicted molar refractivity (Wildman–Crippen MR) is 58.0 cm³/mol. The zero-order chi connectivity index (χ0) is 11.4. The van der Waals surface area contributed by atoms with Crippen LogP contribution in [0.4, 0.5) is 0 Å². The summed E-state index contributed by atoms with van der Waals surface area (Å²) in [5.74, 6) is 1.63. The molecule has 1 aliphatic rings. The van der Waals surface area contributed by atoms with Crippen LogP contribution in [0.1, 0.15) is 13.3 Å². The van der Waals surface area contributed by atoms with E-state index in [9.17, 15) is 4.79 Å². The van der Waals surface area contributed by atoms with Crippen molar-refractivity contribution in [2.24, 2.45) is 11.8 Å². The number of pyridine rings is 1. The lowest BCUT2D eigenvalue weighted by Gasteiger charge is -2.05. The number of esters is 1. The Kier molecular flexibility index (Phi) is 3.39. The first kappa shape index (κ1) is 10.9. The van der Waals surface area contributed by atoms with Crippen LogP contribution in [0, 0.1) is 11.8 Å². The number of carbonyl (C=O) groups excluding carboxylic acids is 1. The lowest BCUT2D eigenvalue weighted by Crippen LogP contribution is -2.06. The fourth-order valence-corrected chi connectivity index (χ4v) is 1.58. The molecule has 4 nitrogen and oxygen atoms in total. The highest BCUT2D eigenvalue weighted by molar-refractivity contribution is 5.65. The van der Waals surface area contributed by atoms with Gasteiger partial charge in [-0.1, -0.05) is 0 Å². The molecule has 2 rings (SSSR count). The molecule has 86 valence electrons. The molecule has 0 bridgehead atoms. The second-order valence-electron chi connectivity index (χ2n) is 4.05. The van der Waals surface area contributed by atoms with Gasteiger partial charge in [0, 0.05) is 19.3 Å². The Morgan fingerprint density at radius 3 is 2.75 bits per heavy atom. The summed E-state index contributed by atoms with van der Waals surface area (Å²) in [6.45, 7) is 2.65. The zero-order valence-corrected chi connectivity index (χ0v) is 9.26. The molecular formula is C12H15NO3. The molecule has 1 aliphatic carbocycles. The summed E-state index contributed by atoms with van der Waals surface area (Å²) in [5.41, 5.74) is 0. The molecule has 2 unspecified atom stereocenters. The van der Waals surface area contributed by atoms with E-state index in [0.717, 1.165) is 12.2 Å². The van der Waals surface area contributed by atoms with Gasteiger partial charge in [-0.15, -0.1) is 0 Å². The number of carbonyl (C=O) groups is 1. The van der Waals surface area contributed by atoms with Crippen molar-refractivity contribution in [2.45, 2.75) is 13.3 Å². The van der Waals surface area contributed by atoms with E-state index >= 15 is 0 Å². The molecule has 0 spiro atoms. The Hall–Kier alpha value is -1.58. The number of ether oxygens (including phenoxy) is 2. The first-order valence-corrected chi connectivity index (χ1v) is 5.42. The third kappa shape index (κ3) is 3.22. The molecule has 1 saturated carbocycles. The average molecular weight is 221 g/mol. The van der Waals surface area contributed by atoms with Crippen LogP contribution in [-0.4, -0.2) is 24.2 Å². The Balaban J connectivity index is 1.64. The van der Waals surface area contributed by atoms with Crippen molar-refractivity contribution in [3.63, 3.8) is 0 Å². The Labute approximate surface area is 94.6 Å². The average Bonchev–Trinajstić information content (AvgIpc) is 3.04. The normalized spacial score (nSPS) is 22.6. The zero-order valence-electron chi connectivity index (χ0n) is 9.26. The SMILES string of the molecule is CC(=O)OCC1CC1COc1ccncc1. The molecule has 2 atom stereocenters.